The van der Waals surface area contributed by atoms with Crippen molar-refractivity contribution in [2.75, 3.05) is 22.6 Å². The summed E-state index contributed by atoms with van der Waals surface area (Å²) in [4.78, 5) is 0. The van der Waals surface area contributed by atoms with Crippen LogP contribution in [-0.2, 0) is 0 Å². The van der Waals surface area contributed by atoms with Gasteiger partial charge >= 0.3 is 0 Å². The normalized spacial score (nSPS) is 12.5. The third kappa shape index (κ3) is 4.51. The first-order valence-corrected chi connectivity index (χ1v) is 7.26. The largest absolute Gasteiger partial charge is 0.399 e. The van der Waals surface area contributed by atoms with E-state index in [9.17, 15) is 0 Å². The summed E-state index contributed by atoms with van der Waals surface area (Å²) in [6.07, 6.45) is 0. The molecule has 0 radical (unpaired) electrons. The number of thioether (sulfide) groups is 1. The maximum Gasteiger partial charge on any atom is 0.0479 e. The Morgan fingerprint density at radius 3 is 2.87 bits per heavy atom. The highest BCUT2D eigenvalue weighted by molar-refractivity contribution is 14.1. The third-order valence-corrected chi connectivity index (χ3v) is 4.00. The van der Waals surface area contributed by atoms with Gasteiger partial charge in [-0.15, -0.1) is 0 Å². The molecule has 0 spiro atoms. The molecule has 3 N–H and O–H groups in total. The summed E-state index contributed by atoms with van der Waals surface area (Å²) in [5.74, 6) is 2.31. The smallest absolute Gasteiger partial charge is 0.0479 e. The van der Waals surface area contributed by atoms with Crippen molar-refractivity contribution in [3.63, 3.8) is 0 Å². The van der Waals surface area contributed by atoms with E-state index >= 15 is 0 Å². The topological polar surface area (TPSA) is 38.0 Å². The van der Waals surface area contributed by atoms with Crippen molar-refractivity contribution in [1.82, 2.24) is 0 Å². The Morgan fingerprint density at radius 1 is 1.53 bits per heavy atom. The molecule has 4 heteroatoms. The van der Waals surface area contributed by atoms with E-state index in [1.807, 2.05) is 30.0 Å². The highest BCUT2D eigenvalue weighted by Crippen LogP contribution is 2.21. The van der Waals surface area contributed by atoms with Crippen molar-refractivity contribution in [2.24, 2.45) is 0 Å². The van der Waals surface area contributed by atoms with E-state index in [1.165, 1.54) is 15.0 Å². The SMILES string of the molecule is CCSCC(C)Nc1ccc(N)cc1I. The Hall–Kier alpha value is -0.100. The Labute approximate surface area is 110 Å². The average Bonchev–Trinajstić information content (AvgIpc) is 2.19. The first-order chi connectivity index (χ1) is 7.13. The van der Waals surface area contributed by atoms with Gasteiger partial charge in [-0.3, -0.25) is 0 Å². The molecule has 0 heterocycles. The molecule has 1 aromatic carbocycles. The molecule has 1 unspecified atom stereocenters. The Bertz CT molecular complexity index is 317. The van der Waals surface area contributed by atoms with Gasteiger partial charge in [0, 0.05) is 26.7 Å². The summed E-state index contributed by atoms with van der Waals surface area (Å²) in [5, 5.41) is 3.49. The van der Waals surface area contributed by atoms with Gasteiger partial charge in [0.1, 0.15) is 0 Å². The highest BCUT2D eigenvalue weighted by atomic mass is 127. The molecule has 0 bridgehead atoms. The van der Waals surface area contributed by atoms with Crippen LogP contribution in [0.3, 0.4) is 0 Å². The van der Waals surface area contributed by atoms with Crippen LogP contribution in [0.15, 0.2) is 18.2 Å². The fourth-order valence-corrected chi connectivity index (χ4v) is 2.62. The van der Waals surface area contributed by atoms with Crippen LogP contribution < -0.4 is 11.1 Å². The number of nitrogen functional groups attached to an aromatic ring is 1. The molecule has 84 valence electrons. The molecule has 0 aliphatic heterocycles. The predicted octanol–water partition coefficient (Wildman–Crippen LogP) is 3.43. The molecule has 0 aliphatic carbocycles. The van der Waals surface area contributed by atoms with E-state index in [4.69, 9.17) is 5.73 Å². The van der Waals surface area contributed by atoms with Gasteiger partial charge in [-0.05, 0) is 53.5 Å². The van der Waals surface area contributed by atoms with E-state index in [-0.39, 0.29) is 0 Å². The van der Waals surface area contributed by atoms with E-state index in [0.29, 0.717) is 6.04 Å². The van der Waals surface area contributed by atoms with Crippen LogP contribution in [0.1, 0.15) is 13.8 Å². The fraction of sp³-hybridized carbons (Fsp3) is 0.455. The third-order valence-electron chi connectivity index (χ3n) is 1.97. The summed E-state index contributed by atoms with van der Waals surface area (Å²) in [6.45, 7) is 4.39. The van der Waals surface area contributed by atoms with Crippen molar-refractivity contribution in [1.29, 1.82) is 0 Å². The number of hydrogen-bond donors (Lipinski definition) is 2. The standard InChI is InChI=1S/C11H17IN2S/c1-3-15-7-8(2)14-11-5-4-9(13)6-10(11)12/h4-6,8,14H,3,7,13H2,1-2H3. The number of nitrogens with two attached hydrogens (primary N) is 1. The molecule has 15 heavy (non-hydrogen) atoms. The van der Waals surface area contributed by atoms with Gasteiger partial charge in [0.15, 0.2) is 0 Å². The minimum Gasteiger partial charge on any atom is -0.399 e. The number of benzene rings is 1. The zero-order valence-corrected chi connectivity index (χ0v) is 12.1. The van der Waals surface area contributed by atoms with E-state index in [1.54, 1.807) is 0 Å². The lowest BCUT2D eigenvalue weighted by Gasteiger charge is -2.16. The van der Waals surface area contributed by atoms with Gasteiger partial charge in [0.25, 0.3) is 0 Å². The van der Waals surface area contributed by atoms with Crippen LogP contribution in [0, 0.1) is 3.57 Å². The van der Waals surface area contributed by atoms with Crippen LogP contribution in [-0.4, -0.2) is 17.5 Å². The molecule has 1 aromatic rings. The summed E-state index contributed by atoms with van der Waals surface area (Å²) >= 11 is 4.26. The van der Waals surface area contributed by atoms with Crippen LogP contribution >= 0.6 is 34.4 Å². The van der Waals surface area contributed by atoms with Gasteiger partial charge < -0.3 is 11.1 Å². The first kappa shape index (κ1) is 13.0. The molecule has 0 aliphatic rings. The second-order valence-electron chi connectivity index (χ2n) is 3.44. The van der Waals surface area contributed by atoms with E-state index in [0.717, 1.165) is 11.4 Å². The second-order valence-corrected chi connectivity index (χ2v) is 5.93. The maximum absolute atomic E-state index is 5.70. The summed E-state index contributed by atoms with van der Waals surface area (Å²) in [6, 6.07) is 6.46. The van der Waals surface area contributed by atoms with Gasteiger partial charge in [0.2, 0.25) is 0 Å². The summed E-state index contributed by atoms with van der Waals surface area (Å²) in [7, 11) is 0. The molecular formula is C11H17IN2S. The van der Waals surface area contributed by atoms with E-state index in [2.05, 4.69) is 41.8 Å². The van der Waals surface area contributed by atoms with Gasteiger partial charge in [-0.2, -0.15) is 11.8 Å². The van der Waals surface area contributed by atoms with Gasteiger partial charge in [-0.25, -0.2) is 0 Å². The number of nitrogens with one attached hydrogen (secondary N) is 1. The quantitative estimate of drug-likeness (QED) is 0.639. The van der Waals surface area contributed by atoms with Crippen molar-refractivity contribution < 1.29 is 0 Å². The zero-order valence-electron chi connectivity index (χ0n) is 9.09. The van der Waals surface area contributed by atoms with Gasteiger partial charge in [-0.1, -0.05) is 6.92 Å². The average molecular weight is 336 g/mol. The molecule has 1 rings (SSSR count). The summed E-state index contributed by atoms with van der Waals surface area (Å²) in [5.41, 5.74) is 7.70. The molecule has 2 nitrogen and oxygen atoms in total. The number of anilines is 2. The minimum absolute atomic E-state index is 0.493. The molecule has 0 aromatic heterocycles. The van der Waals surface area contributed by atoms with Crippen molar-refractivity contribution in [3.8, 4) is 0 Å². The maximum atomic E-state index is 5.70. The lowest BCUT2D eigenvalue weighted by molar-refractivity contribution is 0.912. The second kappa shape index (κ2) is 6.48. The Kier molecular flexibility index (Phi) is 5.60. The van der Waals surface area contributed by atoms with Gasteiger partial charge in [0.05, 0.1) is 0 Å². The van der Waals surface area contributed by atoms with Crippen LogP contribution in [0.2, 0.25) is 0 Å². The number of halogens is 1. The Morgan fingerprint density at radius 2 is 2.27 bits per heavy atom. The molecule has 0 saturated heterocycles. The molecule has 0 saturated carbocycles. The molecule has 0 fully saturated rings. The highest BCUT2D eigenvalue weighted by Gasteiger charge is 2.04. The first-order valence-electron chi connectivity index (χ1n) is 5.02. The van der Waals surface area contributed by atoms with E-state index < -0.39 is 0 Å². The lowest BCUT2D eigenvalue weighted by Crippen LogP contribution is -2.18. The van der Waals surface area contributed by atoms with Crippen molar-refractivity contribution in [3.05, 3.63) is 21.8 Å². The minimum atomic E-state index is 0.493. The predicted molar refractivity (Wildman–Crippen MR) is 79.7 cm³/mol. The van der Waals surface area contributed by atoms with Crippen molar-refractivity contribution in [2.45, 2.75) is 19.9 Å². The fourth-order valence-electron chi connectivity index (χ4n) is 1.25. The lowest BCUT2D eigenvalue weighted by atomic mass is 10.2. The van der Waals surface area contributed by atoms with Crippen LogP contribution in [0.4, 0.5) is 11.4 Å². The summed E-state index contributed by atoms with van der Waals surface area (Å²) < 4.78 is 1.18. The zero-order chi connectivity index (χ0) is 11.3. The number of hydrogen-bond acceptors (Lipinski definition) is 3. The van der Waals surface area contributed by atoms with Crippen LogP contribution in [0.25, 0.3) is 0 Å². The number of rotatable bonds is 5. The monoisotopic (exact) mass is 336 g/mol. The van der Waals surface area contributed by atoms with Crippen molar-refractivity contribution >= 4 is 45.7 Å². The molecule has 0 amide bonds. The molecular weight excluding hydrogens is 319 g/mol. The molecule has 1 atom stereocenters. The van der Waals surface area contributed by atoms with Crippen LogP contribution in [0.5, 0.6) is 0 Å². The Balaban J connectivity index is 2.56.